The number of halogens is 3. The van der Waals surface area contributed by atoms with Crippen molar-refractivity contribution in [2.45, 2.75) is 4.33 Å². The van der Waals surface area contributed by atoms with E-state index in [9.17, 15) is 4.79 Å². The van der Waals surface area contributed by atoms with Gasteiger partial charge in [0.1, 0.15) is 0 Å². The molecule has 0 atom stereocenters. The van der Waals surface area contributed by atoms with Gasteiger partial charge < -0.3 is 0 Å². The van der Waals surface area contributed by atoms with Crippen molar-refractivity contribution in [2.75, 3.05) is 0 Å². The Morgan fingerprint density at radius 3 is 2.08 bits per heavy atom. The van der Waals surface area contributed by atoms with Crippen LogP contribution in [0.2, 0.25) is 0 Å². The molecule has 0 heterocycles. The zero-order chi connectivity index (χ0) is 9.19. The summed E-state index contributed by atoms with van der Waals surface area (Å²) in [7, 11) is 0. The predicted octanol–water partition coefficient (Wildman–Crippen LogP) is 3.08. The van der Waals surface area contributed by atoms with Crippen molar-refractivity contribution in [3.05, 3.63) is 35.9 Å². The van der Waals surface area contributed by atoms with Crippen LogP contribution in [0.25, 0.3) is 0 Å². The normalized spacial score (nSPS) is 11.2. The highest BCUT2D eigenvalue weighted by atomic mass is 35.5. The van der Waals surface area contributed by atoms with Crippen molar-refractivity contribution < 1.29 is 4.79 Å². The lowest BCUT2D eigenvalue weighted by atomic mass is 10.1. The third-order valence-electron chi connectivity index (χ3n) is 1.38. The topological polar surface area (TPSA) is 17.1 Å². The van der Waals surface area contributed by atoms with Gasteiger partial charge in [-0.1, -0.05) is 53.5 Å². The maximum atomic E-state index is 10.8. The Morgan fingerprint density at radius 2 is 1.67 bits per heavy atom. The maximum Gasteiger partial charge on any atom is 0.262 e. The Bertz CT molecular complexity index is 282. The molecule has 0 bridgehead atoms. The van der Waals surface area contributed by atoms with Gasteiger partial charge in [0.05, 0.1) is 0 Å². The van der Waals surface area contributed by atoms with Crippen LogP contribution in [-0.2, 0) is 9.13 Å². The number of carbonyl (C=O) groups is 1. The molecule has 0 amide bonds. The molecule has 0 saturated carbocycles. The number of hydrogen-bond acceptors (Lipinski definition) is 1. The molecule has 0 aliphatic carbocycles. The molecule has 1 rings (SSSR count). The fourth-order valence-corrected chi connectivity index (χ4v) is 1.12. The predicted molar refractivity (Wildman–Crippen MR) is 50.7 cm³/mol. The van der Waals surface area contributed by atoms with E-state index in [-0.39, 0.29) is 0 Å². The summed E-state index contributed by atoms with van der Waals surface area (Å²) in [4.78, 5) is 10.8. The van der Waals surface area contributed by atoms with Gasteiger partial charge in [-0.2, -0.15) is 0 Å². The van der Waals surface area contributed by atoms with Gasteiger partial charge in [0.25, 0.3) is 5.24 Å². The van der Waals surface area contributed by atoms with Gasteiger partial charge in [-0.3, -0.25) is 4.79 Å². The molecule has 0 aliphatic rings. The van der Waals surface area contributed by atoms with Crippen molar-refractivity contribution in [1.82, 2.24) is 0 Å². The lowest BCUT2D eigenvalue weighted by Gasteiger charge is -2.13. The Morgan fingerprint density at radius 1 is 1.17 bits per heavy atom. The van der Waals surface area contributed by atoms with Crippen molar-refractivity contribution in [3.63, 3.8) is 0 Å². The summed E-state index contributed by atoms with van der Waals surface area (Å²) >= 11 is 16.6. The van der Waals surface area contributed by atoms with E-state index in [1.165, 1.54) is 0 Å². The van der Waals surface area contributed by atoms with E-state index < -0.39 is 9.58 Å². The molecule has 64 valence electrons. The smallest absolute Gasteiger partial charge is 0.262 e. The second kappa shape index (κ2) is 3.65. The second-order valence-corrected chi connectivity index (χ2v) is 3.88. The molecule has 0 fully saturated rings. The van der Waals surface area contributed by atoms with Crippen LogP contribution >= 0.6 is 34.8 Å². The highest BCUT2D eigenvalue weighted by Gasteiger charge is 2.33. The Kier molecular flexibility index (Phi) is 2.99. The van der Waals surface area contributed by atoms with Crippen LogP contribution in [0.4, 0.5) is 0 Å². The van der Waals surface area contributed by atoms with E-state index in [4.69, 9.17) is 34.8 Å². The summed E-state index contributed by atoms with van der Waals surface area (Å²) in [6.07, 6.45) is 0. The summed E-state index contributed by atoms with van der Waals surface area (Å²) in [5, 5.41) is -0.794. The van der Waals surface area contributed by atoms with Crippen molar-refractivity contribution in [2.24, 2.45) is 0 Å². The molecule has 1 aromatic rings. The van der Waals surface area contributed by atoms with Crippen molar-refractivity contribution in [3.8, 4) is 0 Å². The van der Waals surface area contributed by atoms with Gasteiger partial charge in [-0.15, -0.1) is 0 Å². The summed E-state index contributed by atoms with van der Waals surface area (Å²) in [6, 6.07) is 8.54. The minimum Gasteiger partial charge on any atom is -0.277 e. The lowest BCUT2D eigenvalue weighted by molar-refractivity contribution is -0.112. The summed E-state index contributed by atoms with van der Waals surface area (Å²) in [6.45, 7) is 0. The first-order valence-electron chi connectivity index (χ1n) is 3.18. The van der Waals surface area contributed by atoms with Gasteiger partial charge in [0.2, 0.25) is 4.33 Å². The van der Waals surface area contributed by atoms with E-state index in [0.29, 0.717) is 5.56 Å². The molecule has 0 unspecified atom stereocenters. The molecule has 12 heavy (non-hydrogen) atoms. The largest absolute Gasteiger partial charge is 0.277 e. The molecule has 4 heteroatoms. The fourth-order valence-electron chi connectivity index (χ4n) is 0.761. The van der Waals surface area contributed by atoms with Crippen LogP contribution in [0.1, 0.15) is 5.56 Å². The van der Waals surface area contributed by atoms with Crippen LogP contribution in [0, 0.1) is 0 Å². The summed E-state index contributed by atoms with van der Waals surface area (Å²) in [5.74, 6) is 0. The van der Waals surface area contributed by atoms with Crippen molar-refractivity contribution >= 4 is 40.0 Å². The van der Waals surface area contributed by atoms with E-state index in [0.717, 1.165) is 0 Å². The average Bonchev–Trinajstić information content (AvgIpc) is 2.06. The third kappa shape index (κ3) is 1.92. The van der Waals surface area contributed by atoms with E-state index in [1.807, 2.05) is 0 Å². The first-order chi connectivity index (χ1) is 5.55. The molecule has 0 saturated heterocycles. The number of carbonyl (C=O) groups excluding carboxylic acids is 1. The minimum absolute atomic E-state index is 0.480. The zero-order valence-electron chi connectivity index (χ0n) is 5.93. The SMILES string of the molecule is O=C(Cl)C(Cl)(Cl)c1ccccc1. The average molecular weight is 223 g/mol. The Balaban J connectivity index is 3.06. The van der Waals surface area contributed by atoms with Gasteiger partial charge in [0, 0.05) is 0 Å². The van der Waals surface area contributed by atoms with Gasteiger partial charge in [0.15, 0.2) is 0 Å². The minimum atomic E-state index is -1.64. The van der Waals surface area contributed by atoms with E-state index in [2.05, 4.69) is 0 Å². The first kappa shape index (κ1) is 9.85. The molecule has 0 aromatic heterocycles. The second-order valence-electron chi connectivity index (χ2n) is 2.21. The lowest BCUT2D eigenvalue weighted by Crippen LogP contribution is -2.17. The van der Waals surface area contributed by atoms with Crippen LogP contribution < -0.4 is 0 Å². The van der Waals surface area contributed by atoms with E-state index in [1.54, 1.807) is 30.3 Å². The molecule has 0 N–H and O–H groups in total. The molecular formula is C8H5Cl3O. The number of rotatable bonds is 2. The van der Waals surface area contributed by atoms with Crippen LogP contribution in [0.15, 0.2) is 30.3 Å². The zero-order valence-corrected chi connectivity index (χ0v) is 8.20. The fraction of sp³-hybridized carbons (Fsp3) is 0.125. The third-order valence-corrected chi connectivity index (χ3v) is 2.64. The van der Waals surface area contributed by atoms with Crippen LogP contribution in [-0.4, -0.2) is 5.24 Å². The van der Waals surface area contributed by atoms with Gasteiger partial charge >= 0.3 is 0 Å². The van der Waals surface area contributed by atoms with Gasteiger partial charge in [-0.25, -0.2) is 0 Å². The highest BCUT2D eigenvalue weighted by Crippen LogP contribution is 2.35. The standard InChI is InChI=1S/C8H5Cl3O/c9-7(12)8(10,11)6-4-2-1-3-5-6/h1-5H. The summed E-state index contributed by atoms with van der Waals surface area (Å²) in [5.41, 5.74) is 0.480. The van der Waals surface area contributed by atoms with Crippen LogP contribution in [0.5, 0.6) is 0 Å². The summed E-state index contributed by atoms with van der Waals surface area (Å²) < 4.78 is -1.64. The van der Waals surface area contributed by atoms with E-state index >= 15 is 0 Å². The highest BCUT2D eigenvalue weighted by molar-refractivity contribution is 6.77. The number of alkyl halides is 2. The van der Waals surface area contributed by atoms with Crippen molar-refractivity contribution in [1.29, 1.82) is 0 Å². The monoisotopic (exact) mass is 222 g/mol. The molecule has 0 aliphatic heterocycles. The maximum absolute atomic E-state index is 10.8. The molecule has 0 spiro atoms. The first-order valence-corrected chi connectivity index (χ1v) is 4.32. The Labute approximate surface area is 85.2 Å². The number of hydrogen-bond donors (Lipinski definition) is 0. The quantitative estimate of drug-likeness (QED) is 0.556. The Hall–Kier alpha value is -0.240. The molecule has 1 nitrogen and oxygen atoms in total. The number of benzene rings is 1. The van der Waals surface area contributed by atoms with Crippen LogP contribution in [0.3, 0.4) is 0 Å². The van der Waals surface area contributed by atoms with Gasteiger partial charge in [-0.05, 0) is 17.2 Å². The molecule has 0 radical (unpaired) electrons. The molecule has 1 aromatic carbocycles. The molecular weight excluding hydrogens is 218 g/mol.